The molecule has 1 aliphatic heterocycles. The molecule has 1 saturated heterocycles. The number of rotatable bonds is 13. The number of ether oxygens (including phenoxy) is 2. The van der Waals surface area contributed by atoms with E-state index in [1.165, 1.54) is 0 Å². The number of likely N-dealkylation sites (tertiary alicyclic amines) is 1. The SMILES string of the molecule is C=C(C)C(C)(C)NC(=O)OC(C)(C)C.C=C(Nc1cnn(CC(C(=O)N2CCCC2)c2ccccc2)c1)C(C)COCc1ccccc1. The summed E-state index contributed by atoms with van der Waals surface area (Å²) in [7, 11) is 0. The summed E-state index contributed by atoms with van der Waals surface area (Å²) < 4.78 is 12.8. The summed E-state index contributed by atoms with van der Waals surface area (Å²) in [5.74, 6) is 0.0729. The van der Waals surface area contributed by atoms with Crippen LogP contribution in [0.1, 0.15) is 78.4 Å². The van der Waals surface area contributed by atoms with Crippen LogP contribution in [0, 0.1) is 5.92 Å². The van der Waals surface area contributed by atoms with Crippen molar-refractivity contribution in [1.29, 1.82) is 0 Å². The van der Waals surface area contributed by atoms with Crippen molar-refractivity contribution in [2.75, 3.05) is 25.0 Å². The molecule has 9 heteroatoms. The number of nitrogens with zero attached hydrogens (tertiary/aromatic N) is 3. The molecule has 48 heavy (non-hydrogen) atoms. The van der Waals surface area contributed by atoms with E-state index in [4.69, 9.17) is 9.47 Å². The molecule has 0 aliphatic carbocycles. The minimum atomic E-state index is -0.463. The van der Waals surface area contributed by atoms with E-state index in [9.17, 15) is 9.59 Å². The third-order valence-corrected chi connectivity index (χ3v) is 8.18. The Morgan fingerprint density at radius 1 is 0.958 bits per heavy atom. The molecule has 3 aromatic rings. The summed E-state index contributed by atoms with van der Waals surface area (Å²) in [6, 6.07) is 20.2. The number of anilines is 1. The Hall–Kier alpha value is -4.37. The summed E-state index contributed by atoms with van der Waals surface area (Å²) in [5, 5.41) is 10.6. The molecule has 0 radical (unpaired) electrons. The standard InChI is InChI=1S/C28H34N4O2.C11H21NO2/c1-22(20-34-21-24-11-5-3-6-12-24)23(2)30-26-17-29-32(18-26)19-27(25-13-7-4-8-14-25)28(33)31-15-9-10-16-31;1-8(2)11(6,7)12-9(13)14-10(3,4)5/h3-8,11-14,17-18,22,27,30H,2,9-10,15-16,19-21H2,1H3;1H2,2-7H3,(H,12,13). The molecular formula is C39H55N5O4. The minimum Gasteiger partial charge on any atom is -0.444 e. The number of hydrogen-bond acceptors (Lipinski definition) is 6. The zero-order valence-electron chi connectivity index (χ0n) is 29.9. The van der Waals surface area contributed by atoms with Crippen LogP contribution in [0.15, 0.2) is 97.5 Å². The maximum Gasteiger partial charge on any atom is 0.408 e. The number of aromatic nitrogens is 2. The zero-order chi connectivity index (χ0) is 35.3. The molecule has 2 heterocycles. The number of alkyl carbamates (subject to hydrolysis) is 1. The summed E-state index contributed by atoms with van der Waals surface area (Å²) in [6.07, 6.45) is 5.48. The van der Waals surface area contributed by atoms with Crippen LogP contribution in [0.4, 0.5) is 10.5 Å². The third-order valence-electron chi connectivity index (χ3n) is 8.18. The van der Waals surface area contributed by atoms with E-state index in [-0.39, 0.29) is 17.7 Å². The van der Waals surface area contributed by atoms with Gasteiger partial charge < -0.3 is 25.0 Å². The fourth-order valence-electron chi connectivity index (χ4n) is 4.89. The van der Waals surface area contributed by atoms with Crippen molar-refractivity contribution in [3.63, 3.8) is 0 Å². The lowest BCUT2D eigenvalue weighted by molar-refractivity contribution is -0.132. The highest BCUT2D eigenvalue weighted by atomic mass is 16.6. The van der Waals surface area contributed by atoms with Crippen LogP contribution >= 0.6 is 0 Å². The first-order valence-corrected chi connectivity index (χ1v) is 16.8. The van der Waals surface area contributed by atoms with Gasteiger partial charge in [-0.15, -0.1) is 0 Å². The summed E-state index contributed by atoms with van der Waals surface area (Å²) in [6.45, 7) is 24.6. The van der Waals surface area contributed by atoms with Crippen molar-refractivity contribution in [1.82, 2.24) is 20.0 Å². The molecular weight excluding hydrogens is 602 g/mol. The van der Waals surface area contributed by atoms with Crippen LogP contribution < -0.4 is 10.6 Å². The molecule has 2 unspecified atom stereocenters. The van der Waals surface area contributed by atoms with Crippen LogP contribution in [0.3, 0.4) is 0 Å². The lowest BCUT2D eigenvalue weighted by Crippen LogP contribution is -2.46. The van der Waals surface area contributed by atoms with Gasteiger partial charge in [-0.1, -0.05) is 86.3 Å². The van der Waals surface area contributed by atoms with Crippen LogP contribution in [-0.4, -0.2) is 57.5 Å². The molecule has 1 aromatic heterocycles. The first-order chi connectivity index (χ1) is 22.6. The molecule has 0 saturated carbocycles. The summed E-state index contributed by atoms with van der Waals surface area (Å²) in [5.41, 5.74) is 3.92. The maximum atomic E-state index is 13.3. The first-order valence-electron chi connectivity index (χ1n) is 16.8. The van der Waals surface area contributed by atoms with Gasteiger partial charge >= 0.3 is 6.09 Å². The third kappa shape index (κ3) is 12.7. The molecule has 2 aromatic carbocycles. The van der Waals surface area contributed by atoms with Crippen molar-refractivity contribution >= 4 is 17.7 Å². The number of nitrogens with one attached hydrogen (secondary N) is 2. The van der Waals surface area contributed by atoms with Gasteiger partial charge in [0.2, 0.25) is 5.91 Å². The molecule has 1 fully saturated rings. The van der Waals surface area contributed by atoms with Crippen molar-refractivity contribution in [2.45, 2.75) is 91.5 Å². The number of benzene rings is 2. The van der Waals surface area contributed by atoms with Crippen molar-refractivity contribution < 1.29 is 19.1 Å². The number of carbonyl (C=O) groups is 2. The largest absolute Gasteiger partial charge is 0.444 e. The molecule has 0 bridgehead atoms. The Bertz CT molecular complexity index is 1470. The Labute approximate surface area is 287 Å². The monoisotopic (exact) mass is 657 g/mol. The van der Waals surface area contributed by atoms with E-state index in [1.54, 1.807) is 6.20 Å². The topological polar surface area (TPSA) is 97.7 Å². The molecule has 260 valence electrons. The van der Waals surface area contributed by atoms with E-state index in [2.05, 4.69) is 47.9 Å². The van der Waals surface area contributed by atoms with Crippen LogP contribution in [0.25, 0.3) is 0 Å². The van der Waals surface area contributed by atoms with Gasteiger partial charge in [-0.05, 0) is 65.5 Å². The van der Waals surface area contributed by atoms with Crippen LogP contribution in [0.2, 0.25) is 0 Å². The van der Waals surface area contributed by atoms with Crippen molar-refractivity contribution in [2.24, 2.45) is 5.92 Å². The lowest BCUT2D eigenvalue weighted by Gasteiger charge is -2.28. The van der Waals surface area contributed by atoms with E-state index < -0.39 is 17.2 Å². The normalized spacial score (nSPS) is 14.3. The van der Waals surface area contributed by atoms with Crippen LogP contribution in [-0.2, 0) is 27.4 Å². The zero-order valence-corrected chi connectivity index (χ0v) is 29.9. The fraction of sp³-hybridized carbons (Fsp3) is 0.462. The highest BCUT2D eigenvalue weighted by molar-refractivity contribution is 5.84. The molecule has 1 aliphatic rings. The Morgan fingerprint density at radius 3 is 2.15 bits per heavy atom. The molecule has 9 nitrogen and oxygen atoms in total. The molecule has 4 rings (SSSR count). The maximum absolute atomic E-state index is 13.3. The molecule has 0 spiro atoms. The molecule has 2 amide bonds. The highest BCUT2D eigenvalue weighted by Gasteiger charge is 2.28. The Morgan fingerprint density at radius 2 is 1.56 bits per heavy atom. The number of amides is 2. The van der Waals surface area contributed by atoms with Gasteiger partial charge in [0, 0.05) is 30.9 Å². The van der Waals surface area contributed by atoms with Gasteiger partial charge in [0.05, 0.1) is 43.1 Å². The predicted octanol–water partition coefficient (Wildman–Crippen LogP) is 7.93. The van der Waals surface area contributed by atoms with Crippen molar-refractivity contribution in [3.05, 3.63) is 109 Å². The average Bonchev–Trinajstić information content (AvgIpc) is 3.72. The lowest BCUT2D eigenvalue weighted by atomic mass is 9.97. The smallest absolute Gasteiger partial charge is 0.408 e. The Kier molecular flexibility index (Phi) is 14.0. The molecule has 2 N–H and O–H groups in total. The van der Waals surface area contributed by atoms with Crippen LogP contribution in [0.5, 0.6) is 0 Å². The van der Waals surface area contributed by atoms with E-state index >= 15 is 0 Å². The van der Waals surface area contributed by atoms with E-state index in [0.717, 1.165) is 54.0 Å². The predicted molar refractivity (Wildman–Crippen MR) is 194 cm³/mol. The number of carbonyl (C=O) groups excluding carboxylic acids is 2. The van der Waals surface area contributed by atoms with E-state index in [0.29, 0.717) is 19.8 Å². The average molecular weight is 658 g/mol. The summed E-state index contributed by atoms with van der Waals surface area (Å²) in [4.78, 5) is 26.7. The Balaban J connectivity index is 0.000000378. The summed E-state index contributed by atoms with van der Waals surface area (Å²) >= 11 is 0. The first kappa shape index (κ1) is 38.1. The number of hydrogen-bond donors (Lipinski definition) is 2. The fourth-order valence-corrected chi connectivity index (χ4v) is 4.89. The second kappa shape index (κ2) is 17.7. The van der Waals surface area contributed by atoms with Crippen molar-refractivity contribution in [3.8, 4) is 0 Å². The minimum absolute atomic E-state index is 0.140. The second-order valence-corrected chi connectivity index (χ2v) is 14.0. The van der Waals surface area contributed by atoms with Gasteiger partial charge in [0.25, 0.3) is 0 Å². The van der Waals surface area contributed by atoms with Gasteiger partial charge in [0.1, 0.15) is 5.60 Å². The quantitative estimate of drug-likeness (QED) is 0.181. The van der Waals surface area contributed by atoms with Gasteiger partial charge in [-0.25, -0.2) is 4.79 Å². The molecule has 2 atom stereocenters. The van der Waals surface area contributed by atoms with Gasteiger partial charge in [-0.2, -0.15) is 5.10 Å². The second-order valence-electron chi connectivity index (χ2n) is 14.0. The van der Waals surface area contributed by atoms with Gasteiger partial charge in [0.15, 0.2) is 0 Å². The van der Waals surface area contributed by atoms with Gasteiger partial charge in [-0.3, -0.25) is 9.48 Å². The highest BCUT2D eigenvalue weighted by Crippen LogP contribution is 2.24. The van der Waals surface area contributed by atoms with E-state index in [1.807, 2.05) is 106 Å².